The van der Waals surface area contributed by atoms with Gasteiger partial charge in [0.05, 0.1) is 19.8 Å². The minimum atomic E-state index is -0.375. The summed E-state index contributed by atoms with van der Waals surface area (Å²) in [4.78, 5) is 14.4. The normalized spacial score (nSPS) is 21.2. The lowest BCUT2D eigenvalue weighted by molar-refractivity contribution is -0.185. The van der Waals surface area contributed by atoms with E-state index in [0.29, 0.717) is 19.8 Å². The Labute approximate surface area is 131 Å². The highest BCUT2D eigenvalue weighted by Gasteiger charge is 2.39. The second kappa shape index (κ2) is 6.36. The molecule has 1 spiro atoms. The Bertz CT molecular complexity index is 543. The van der Waals surface area contributed by atoms with E-state index in [1.165, 1.54) is 5.56 Å². The summed E-state index contributed by atoms with van der Waals surface area (Å²) in [6.45, 7) is 7.55. The molecule has 0 unspecified atom stereocenters. The average Bonchev–Trinajstić information content (AvgIpc) is 2.95. The van der Waals surface area contributed by atoms with Crippen molar-refractivity contribution in [2.75, 3.05) is 38.2 Å². The molecule has 22 heavy (non-hydrogen) atoms. The molecular weight excluding hydrogens is 280 g/mol. The van der Waals surface area contributed by atoms with E-state index in [1.807, 2.05) is 19.1 Å². The number of nitrogens with zero attached hydrogens (tertiary/aromatic N) is 1. The zero-order valence-electron chi connectivity index (χ0n) is 13.4. The predicted molar refractivity (Wildman–Crippen MR) is 84.9 cm³/mol. The van der Waals surface area contributed by atoms with Gasteiger partial charge < -0.3 is 14.8 Å². The molecule has 2 aliphatic heterocycles. The fraction of sp³-hybridized carbons (Fsp3) is 0.588. The van der Waals surface area contributed by atoms with Crippen molar-refractivity contribution in [2.24, 2.45) is 0 Å². The lowest BCUT2D eigenvalue weighted by atomic mass is 10.0. The number of hydrogen-bond acceptors (Lipinski definition) is 4. The van der Waals surface area contributed by atoms with Gasteiger partial charge >= 0.3 is 0 Å². The summed E-state index contributed by atoms with van der Waals surface area (Å²) in [7, 11) is 0. The number of ether oxygens (including phenoxy) is 2. The number of carbonyl (C=O) groups is 1. The van der Waals surface area contributed by atoms with Gasteiger partial charge in [0, 0.05) is 31.6 Å². The minimum Gasteiger partial charge on any atom is -0.347 e. The first kappa shape index (κ1) is 15.5. The SMILES string of the molecule is Cc1cccc(NC(=O)CN2CCC3(CC2)OCCO3)c1C. The van der Waals surface area contributed by atoms with Crippen molar-refractivity contribution in [2.45, 2.75) is 32.5 Å². The van der Waals surface area contributed by atoms with Crippen LogP contribution in [0.2, 0.25) is 0 Å². The summed E-state index contributed by atoms with van der Waals surface area (Å²) in [5.41, 5.74) is 3.22. The Morgan fingerprint density at radius 3 is 2.59 bits per heavy atom. The Hall–Kier alpha value is -1.43. The smallest absolute Gasteiger partial charge is 0.238 e. The number of nitrogens with one attached hydrogen (secondary N) is 1. The number of aryl methyl sites for hydroxylation is 1. The monoisotopic (exact) mass is 304 g/mol. The largest absolute Gasteiger partial charge is 0.347 e. The number of rotatable bonds is 3. The number of likely N-dealkylation sites (tertiary alicyclic amines) is 1. The van der Waals surface area contributed by atoms with E-state index in [2.05, 4.69) is 23.2 Å². The molecule has 1 aromatic rings. The van der Waals surface area contributed by atoms with Crippen molar-refractivity contribution < 1.29 is 14.3 Å². The average molecular weight is 304 g/mol. The number of hydrogen-bond donors (Lipinski definition) is 1. The maximum absolute atomic E-state index is 12.2. The van der Waals surface area contributed by atoms with Gasteiger partial charge in [-0.05, 0) is 31.0 Å². The maximum Gasteiger partial charge on any atom is 0.238 e. The van der Waals surface area contributed by atoms with Gasteiger partial charge in [0.25, 0.3) is 0 Å². The number of benzene rings is 1. The molecule has 0 aromatic heterocycles. The molecule has 2 saturated heterocycles. The maximum atomic E-state index is 12.2. The van der Waals surface area contributed by atoms with Gasteiger partial charge in [-0.1, -0.05) is 12.1 Å². The van der Waals surface area contributed by atoms with Crippen molar-refractivity contribution in [3.63, 3.8) is 0 Å². The number of carbonyl (C=O) groups excluding carboxylic acids is 1. The van der Waals surface area contributed by atoms with Crippen LogP contribution in [-0.2, 0) is 14.3 Å². The first-order chi connectivity index (χ1) is 10.6. The molecule has 2 aliphatic rings. The summed E-state index contributed by atoms with van der Waals surface area (Å²) in [6.07, 6.45) is 1.67. The molecule has 0 bridgehead atoms. The van der Waals surface area contributed by atoms with E-state index in [4.69, 9.17) is 9.47 Å². The van der Waals surface area contributed by atoms with Crippen LogP contribution in [0.1, 0.15) is 24.0 Å². The van der Waals surface area contributed by atoms with Gasteiger partial charge in [0.15, 0.2) is 5.79 Å². The van der Waals surface area contributed by atoms with Gasteiger partial charge in [0.1, 0.15) is 0 Å². The summed E-state index contributed by atoms with van der Waals surface area (Å²) in [5, 5.41) is 3.02. The van der Waals surface area contributed by atoms with Crippen LogP contribution in [0.4, 0.5) is 5.69 Å². The van der Waals surface area contributed by atoms with Gasteiger partial charge in [-0.25, -0.2) is 0 Å². The number of amides is 1. The molecule has 120 valence electrons. The molecule has 2 heterocycles. The standard InChI is InChI=1S/C17H24N2O3/c1-13-4-3-5-15(14(13)2)18-16(20)12-19-8-6-17(7-9-19)21-10-11-22-17/h3-5H,6-12H2,1-2H3,(H,18,20). The van der Waals surface area contributed by atoms with Gasteiger partial charge in [-0.3, -0.25) is 9.69 Å². The van der Waals surface area contributed by atoms with Crippen LogP contribution < -0.4 is 5.32 Å². The molecule has 1 amide bonds. The Morgan fingerprint density at radius 1 is 1.23 bits per heavy atom. The molecule has 1 N–H and O–H groups in total. The van der Waals surface area contributed by atoms with Crippen LogP contribution in [0, 0.1) is 13.8 Å². The Morgan fingerprint density at radius 2 is 1.91 bits per heavy atom. The van der Waals surface area contributed by atoms with Crippen molar-refractivity contribution in [3.8, 4) is 0 Å². The zero-order chi connectivity index (χ0) is 15.6. The first-order valence-electron chi connectivity index (χ1n) is 7.94. The first-order valence-corrected chi connectivity index (χ1v) is 7.94. The number of piperidine rings is 1. The van der Waals surface area contributed by atoms with E-state index in [-0.39, 0.29) is 11.7 Å². The van der Waals surface area contributed by atoms with Crippen LogP contribution in [0.5, 0.6) is 0 Å². The highest BCUT2D eigenvalue weighted by molar-refractivity contribution is 5.93. The van der Waals surface area contributed by atoms with E-state index in [1.54, 1.807) is 0 Å². The molecule has 5 nitrogen and oxygen atoms in total. The van der Waals surface area contributed by atoms with Crippen LogP contribution in [0.3, 0.4) is 0 Å². The Kier molecular flexibility index (Phi) is 4.47. The van der Waals surface area contributed by atoms with E-state index >= 15 is 0 Å². The lowest BCUT2D eigenvalue weighted by Crippen LogP contribution is -2.47. The zero-order valence-corrected chi connectivity index (χ0v) is 13.4. The summed E-state index contributed by atoms with van der Waals surface area (Å²) >= 11 is 0. The summed E-state index contributed by atoms with van der Waals surface area (Å²) < 4.78 is 11.4. The van der Waals surface area contributed by atoms with Gasteiger partial charge in [0.2, 0.25) is 5.91 Å². The molecule has 2 fully saturated rings. The van der Waals surface area contributed by atoms with Crippen molar-refractivity contribution in [1.82, 2.24) is 4.90 Å². The Balaban J connectivity index is 1.51. The highest BCUT2D eigenvalue weighted by atomic mass is 16.7. The van der Waals surface area contributed by atoms with Crippen LogP contribution in [-0.4, -0.2) is 49.4 Å². The second-order valence-electron chi connectivity index (χ2n) is 6.18. The van der Waals surface area contributed by atoms with Crippen molar-refractivity contribution >= 4 is 11.6 Å². The molecular formula is C17H24N2O3. The van der Waals surface area contributed by atoms with Gasteiger partial charge in [-0.2, -0.15) is 0 Å². The molecule has 0 saturated carbocycles. The van der Waals surface area contributed by atoms with Crippen LogP contribution >= 0.6 is 0 Å². The highest BCUT2D eigenvalue weighted by Crippen LogP contribution is 2.31. The molecule has 0 aliphatic carbocycles. The lowest BCUT2D eigenvalue weighted by Gasteiger charge is -2.37. The fourth-order valence-corrected chi connectivity index (χ4v) is 3.12. The van der Waals surface area contributed by atoms with Crippen LogP contribution in [0.15, 0.2) is 18.2 Å². The quantitative estimate of drug-likeness (QED) is 0.929. The molecule has 5 heteroatoms. The van der Waals surface area contributed by atoms with Crippen molar-refractivity contribution in [3.05, 3.63) is 29.3 Å². The van der Waals surface area contributed by atoms with Crippen molar-refractivity contribution in [1.29, 1.82) is 0 Å². The molecule has 0 atom stereocenters. The van der Waals surface area contributed by atoms with E-state index in [9.17, 15) is 4.79 Å². The predicted octanol–water partition coefficient (Wildman–Crippen LogP) is 2.08. The third-order valence-electron chi connectivity index (χ3n) is 4.68. The number of anilines is 1. The molecule has 1 aromatic carbocycles. The molecule has 3 rings (SSSR count). The molecule has 0 radical (unpaired) electrons. The van der Waals surface area contributed by atoms with E-state index < -0.39 is 0 Å². The summed E-state index contributed by atoms with van der Waals surface area (Å²) in [5.74, 6) is -0.335. The van der Waals surface area contributed by atoms with Crippen LogP contribution in [0.25, 0.3) is 0 Å². The topological polar surface area (TPSA) is 50.8 Å². The minimum absolute atomic E-state index is 0.0397. The van der Waals surface area contributed by atoms with Gasteiger partial charge in [-0.15, -0.1) is 0 Å². The third-order valence-corrected chi connectivity index (χ3v) is 4.68. The second-order valence-corrected chi connectivity index (χ2v) is 6.18. The van der Waals surface area contributed by atoms with E-state index in [0.717, 1.165) is 37.2 Å². The third kappa shape index (κ3) is 3.32. The summed E-state index contributed by atoms with van der Waals surface area (Å²) in [6, 6.07) is 5.97. The fourth-order valence-electron chi connectivity index (χ4n) is 3.12.